The van der Waals surface area contributed by atoms with Crippen molar-refractivity contribution in [2.45, 2.75) is 39.8 Å². The SMILES string of the molecule is Cc1ccccc1CNC(=O)CCc1cn(Cc2ccccc2C)c2ccccc12. The van der Waals surface area contributed by atoms with Gasteiger partial charge in [0, 0.05) is 36.6 Å². The highest BCUT2D eigenvalue weighted by atomic mass is 16.1. The van der Waals surface area contributed by atoms with Crippen LogP contribution in [0.5, 0.6) is 0 Å². The molecule has 0 aliphatic rings. The number of carbonyl (C=O) groups is 1. The fourth-order valence-corrected chi connectivity index (χ4v) is 3.96. The minimum Gasteiger partial charge on any atom is -0.352 e. The number of rotatable bonds is 7. The van der Waals surface area contributed by atoms with Crippen LogP contribution >= 0.6 is 0 Å². The summed E-state index contributed by atoms with van der Waals surface area (Å²) in [6, 6.07) is 25.1. The monoisotopic (exact) mass is 396 g/mol. The van der Waals surface area contributed by atoms with Gasteiger partial charge in [-0.15, -0.1) is 0 Å². The van der Waals surface area contributed by atoms with Crippen molar-refractivity contribution >= 4 is 16.8 Å². The number of nitrogens with zero attached hydrogens (tertiary/aromatic N) is 1. The number of para-hydroxylation sites is 1. The molecule has 0 atom stereocenters. The molecule has 3 heteroatoms. The van der Waals surface area contributed by atoms with Gasteiger partial charge in [0.1, 0.15) is 0 Å². The molecule has 0 unspecified atom stereocenters. The molecule has 0 spiro atoms. The van der Waals surface area contributed by atoms with Crippen LogP contribution in [0.1, 0.15) is 34.2 Å². The lowest BCUT2D eigenvalue weighted by Gasteiger charge is -2.08. The highest BCUT2D eigenvalue weighted by Gasteiger charge is 2.11. The van der Waals surface area contributed by atoms with Gasteiger partial charge in [-0.2, -0.15) is 0 Å². The van der Waals surface area contributed by atoms with Gasteiger partial charge in [-0.25, -0.2) is 0 Å². The molecule has 0 aliphatic heterocycles. The fourth-order valence-electron chi connectivity index (χ4n) is 3.96. The molecule has 4 aromatic rings. The van der Waals surface area contributed by atoms with Crippen LogP contribution in [0.15, 0.2) is 79.0 Å². The highest BCUT2D eigenvalue weighted by Crippen LogP contribution is 2.24. The minimum absolute atomic E-state index is 0.0917. The maximum Gasteiger partial charge on any atom is 0.220 e. The molecular formula is C27H28N2O. The van der Waals surface area contributed by atoms with Crippen molar-refractivity contribution in [2.24, 2.45) is 0 Å². The molecule has 1 amide bonds. The molecule has 3 aromatic carbocycles. The van der Waals surface area contributed by atoms with E-state index in [1.807, 2.05) is 12.1 Å². The average Bonchev–Trinajstić information content (AvgIpc) is 3.11. The molecule has 1 heterocycles. The molecule has 0 fully saturated rings. The quantitative estimate of drug-likeness (QED) is 0.436. The number of amides is 1. The lowest BCUT2D eigenvalue weighted by Crippen LogP contribution is -2.23. The molecule has 0 saturated heterocycles. The Hall–Kier alpha value is -3.33. The van der Waals surface area contributed by atoms with E-state index in [1.54, 1.807) is 0 Å². The van der Waals surface area contributed by atoms with E-state index in [0.717, 1.165) is 13.0 Å². The molecule has 0 bridgehead atoms. The molecule has 0 radical (unpaired) electrons. The number of benzene rings is 3. The van der Waals surface area contributed by atoms with Gasteiger partial charge in [0.25, 0.3) is 0 Å². The molecule has 0 aliphatic carbocycles. The lowest BCUT2D eigenvalue weighted by molar-refractivity contribution is -0.121. The highest BCUT2D eigenvalue weighted by molar-refractivity contribution is 5.85. The van der Waals surface area contributed by atoms with E-state index in [9.17, 15) is 4.79 Å². The van der Waals surface area contributed by atoms with E-state index >= 15 is 0 Å². The van der Waals surface area contributed by atoms with Gasteiger partial charge in [0.05, 0.1) is 0 Å². The Kier molecular flexibility index (Phi) is 5.99. The molecular weight excluding hydrogens is 368 g/mol. The van der Waals surface area contributed by atoms with Crippen LogP contribution in [0, 0.1) is 13.8 Å². The first kappa shape index (κ1) is 20.0. The van der Waals surface area contributed by atoms with Crippen LogP contribution in [-0.4, -0.2) is 10.5 Å². The Labute approximate surface area is 178 Å². The summed E-state index contributed by atoms with van der Waals surface area (Å²) < 4.78 is 2.30. The molecule has 4 rings (SSSR count). The second-order valence-electron chi connectivity index (χ2n) is 7.93. The van der Waals surface area contributed by atoms with Crippen molar-refractivity contribution in [1.82, 2.24) is 9.88 Å². The van der Waals surface area contributed by atoms with E-state index in [1.165, 1.54) is 38.7 Å². The van der Waals surface area contributed by atoms with E-state index in [-0.39, 0.29) is 5.91 Å². The van der Waals surface area contributed by atoms with Crippen LogP contribution in [0.3, 0.4) is 0 Å². The maximum absolute atomic E-state index is 12.5. The Morgan fingerprint density at radius 1 is 0.800 bits per heavy atom. The summed E-state index contributed by atoms with van der Waals surface area (Å²) in [5, 5.41) is 4.30. The van der Waals surface area contributed by atoms with Crippen molar-refractivity contribution in [2.75, 3.05) is 0 Å². The standard InChI is InChI=1S/C27H28N2O/c1-20-9-3-5-11-22(20)17-28-27(30)16-15-24-19-29(26-14-8-7-13-25(24)26)18-23-12-6-4-10-21(23)2/h3-14,19H,15-18H2,1-2H3,(H,28,30). The number of aromatic nitrogens is 1. The summed E-state index contributed by atoms with van der Waals surface area (Å²) in [6.45, 7) is 5.65. The molecule has 3 nitrogen and oxygen atoms in total. The second kappa shape index (κ2) is 9.00. The van der Waals surface area contributed by atoms with Gasteiger partial charge < -0.3 is 9.88 Å². The smallest absolute Gasteiger partial charge is 0.220 e. The van der Waals surface area contributed by atoms with Gasteiger partial charge in [-0.1, -0.05) is 66.7 Å². The zero-order valence-electron chi connectivity index (χ0n) is 17.7. The van der Waals surface area contributed by atoms with Gasteiger partial charge in [0.2, 0.25) is 5.91 Å². The maximum atomic E-state index is 12.5. The number of nitrogens with one attached hydrogen (secondary N) is 1. The van der Waals surface area contributed by atoms with Crippen LogP contribution < -0.4 is 5.32 Å². The van der Waals surface area contributed by atoms with Crippen LogP contribution in [0.2, 0.25) is 0 Å². The number of carbonyl (C=O) groups excluding carboxylic acids is 1. The van der Waals surface area contributed by atoms with Crippen molar-refractivity contribution in [3.8, 4) is 0 Å². The van der Waals surface area contributed by atoms with Crippen molar-refractivity contribution < 1.29 is 4.79 Å². The average molecular weight is 397 g/mol. The summed E-state index contributed by atoms with van der Waals surface area (Å²) in [4.78, 5) is 12.5. The first-order chi connectivity index (χ1) is 14.6. The van der Waals surface area contributed by atoms with Crippen LogP contribution in [-0.2, 0) is 24.3 Å². The summed E-state index contributed by atoms with van der Waals surface area (Å²) >= 11 is 0. The Morgan fingerprint density at radius 3 is 2.17 bits per heavy atom. The van der Waals surface area contributed by atoms with E-state index in [0.29, 0.717) is 13.0 Å². The molecule has 152 valence electrons. The first-order valence-electron chi connectivity index (χ1n) is 10.5. The predicted octanol–water partition coefficient (Wildman–Crippen LogP) is 5.56. The third kappa shape index (κ3) is 4.46. The molecule has 0 saturated carbocycles. The predicted molar refractivity (Wildman–Crippen MR) is 124 cm³/mol. The van der Waals surface area contributed by atoms with E-state index < -0.39 is 0 Å². The van der Waals surface area contributed by atoms with E-state index in [2.05, 4.69) is 90.6 Å². The van der Waals surface area contributed by atoms with Gasteiger partial charge in [0.15, 0.2) is 0 Å². The summed E-state index contributed by atoms with van der Waals surface area (Å²) in [5.74, 6) is 0.0917. The topological polar surface area (TPSA) is 34.0 Å². The van der Waals surface area contributed by atoms with Crippen LogP contribution in [0.25, 0.3) is 10.9 Å². The third-order valence-corrected chi connectivity index (χ3v) is 5.83. The van der Waals surface area contributed by atoms with Crippen molar-refractivity contribution in [1.29, 1.82) is 0 Å². The zero-order valence-corrected chi connectivity index (χ0v) is 17.7. The zero-order chi connectivity index (χ0) is 20.9. The molecule has 1 N–H and O–H groups in total. The van der Waals surface area contributed by atoms with E-state index in [4.69, 9.17) is 0 Å². The first-order valence-corrected chi connectivity index (χ1v) is 10.5. The van der Waals surface area contributed by atoms with Crippen molar-refractivity contribution in [3.05, 3.63) is 107 Å². The summed E-state index contributed by atoms with van der Waals surface area (Å²) in [5.41, 5.74) is 7.44. The number of aryl methyl sites for hydroxylation is 3. The van der Waals surface area contributed by atoms with Crippen LogP contribution in [0.4, 0.5) is 0 Å². The Bertz CT molecular complexity index is 1170. The van der Waals surface area contributed by atoms with Crippen molar-refractivity contribution in [3.63, 3.8) is 0 Å². The Morgan fingerprint density at radius 2 is 1.43 bits per heavy atom. The summed E-state index contributed by atoms with van der Waals surface area (Å²) in [6.07, 6.45) is 3.44. The van der Waals surface area contributed by atoms with Gasteiger partial charge >= 0.3 is 0 Å². The Balaban J connectivity index is 1.46. The summed E-state index contributed by atoms with van der Waals surface area (Å²) in [7, 11) is 0. The second-order valence-corrected chi connectivity index (χ2v) is 7.93. The molecule has 30 heavy (non-hydrogen) atoms. The fraction of sp³-hybridized carbons (Fsp3) is 0.222. The minimum atomic E-state index is 0.0917. The normalized spacial score (nSPS) is 11.0. The lowest BCUT2D eigenvalue weighted by atomic mass is 10.1. The number of hydrogen-bond acceptors (Lipinski definition) is 1. The third-order valence-electron chi connectivity index (χ3n) is 5.83. The number of fused-ring (bicyclic) bond motifs is 1. The van der Waals surface area contributed by atoms with Gasteiger partial charge in [-0.05, 0) is 54.2 Å². The number of hydrogen-bond donors (Lipinski definition) is 1. The largest absolute Gasteiger partial charge is 0.352 e. The molecule has 1 aromatic heterocycles. The van der Waals surface area contributed by atoms with Gasteiger partial charge in [-0.3, -0.25) is 4.79 Å².